The number of fused-ring (bicyclic) bond motifs is 1. The molecule has 0 radical (unpaired) electrons. The molecule has 1 aliphatic rings. The summed E-state index contributed by atoms with van der Waals surface area (Å²) >= 11 is 2.57. The minimum absolute atomic E-state index is 0.0102. The number of amidine groups is 1. The summed E-state index contributed by atoms with van der Waals surface area (Å²) in [6, 6.07) is 9.40. The third kappa shape index (κ3) is 4.48. The Hall–Kier alpha value is -2.39. The molecular weight excluding hydrogens is 448 g/mol. The van der Waals surface area contributed by atoms with Gasteiger partial charge in [0.05, 0.1) is 16.0 Å². The number of thioether (sulfide) groups is 1. The summed E-state index contributed by atoms with van der Waals surface area (Å²) in [7, 11) is 0. The molecule has 0 fully saturated rings. The number of ketones is 1. The second-order valence-electron chi connectivity index (χ2n) is 7.60. The maximum absolute atomic E-state index is 14.6. The van der Waals surface area contributed by atoms with E-state index in [1.807, 2.05) is 6.92 Å². The largest absolute Gasteiger partial charge is 0.416 e. The van der Waals surface area contributed by atoms with Crippen molar-refractivity contribution in [3.8, 4) is 0 Å². The predicted molar refractivity (Wildman–Crippen MR) is 117 cm³/mol. The predicted octanol–water partition coefficient (Wildman–Crippen LogP) is 6.15. The average Bonchev–Trinajstić information content (AvgIpc) is 3.12. The third-order valence-electron chi connectivity index (χ3n) is 5.29. The zero-order valence-electron chi connectivity index (χ0n) is 16.4. The number of benzene rings is 2. The number of Topliss-reactive ketones (excluding diaryl/α,β-unsaturated/α-hetero) is 1. The molecule has 0 amide bonds. The summed E-state index contributed by atoms with van der Waals surface area (Å²) in [4.78, 5) is 17.6. The smallest absolute Gasteiger partial charge is 0.379 e. The number of hydrogen-bond acceptors (Lipinski definition) is 5. The Morgan fingerprint density at radius 2 is 1.97 bits per heavy atom. The molecule has 0 saturated carbocycles. The Kier molecular flexibility index (Phi) is 5.59. The standard InChI is InChI=1S/C22H18F4N2OS2/c1-21(6-7-30-20(27)28-21)15-8-12(2-4-16(15)23)9-17(29)19-11-13-10-14(22(24,25)26)3-5-18(13)31-19/h2-5,8,10-11H,6-7,9H2,1H3,(H2,27,28)/t21-/m0/s1. The van der Waals surface area contributed by atoms with E-state index in [2.05, 4.69) is 4.99 Å². The lowest BCUT2D eigenvalue weighted by molar-refractivity contribution is -0.137. The van der Waals surface area contributed by atoms with Crippen LogP contribution in [0.4, 0.5) is 17.6 Å². The molecule has 1 aliphatic heterocycles. The van der Waals surface area contributed by atoms with Crippen molar-refractivity contribution in [2.45, 2.75) is 31.5 Å². The normalized spacial score (nSPS) is 19.5. The van der Waals surface area contributed by atoms with Crippen molar-refractivity contribution in [3.05, 3.63) is 69.8 Å². The van der Waals surface area contributed by atoms with Gasteiger partial charge in [0.1, 0.15) is 5.82 Å². The van der Waals surface area contributed by atoms with E-state index < -0.39 is 23.1 Å². The highest BCUT2D eigenvalue weighted by Gasteiger charge is 2.33. The molecule has 2 N–H and O–H groups in total. The van der Waals surface area contributed by atoms with Crippen LogP contribution in [0.15, 0.2) is 47.5 Å². The van der Waals surface area contributed by atoms with Crippen molar-refractivity contribution in [2.24, 2.45) is 10.7 Å². The van der Waals surface area contributed by atoms with Gasteiger partial charge in [0.15, 0.2) is 11.0 Å². The van der Waals surface area contributed by atoms with Crippen molar-refractivity contribution in [3.63, 3.8) is 0 Å². The number of carbonyl (C=O) groups is 1. The van der Waals surface area contributed by atoms with Crippen LogP contribution >= 0.6 is 23.1 Å². The molecule has 0 saturated heterocycles. The second kappa shape index (κ2) is 7.94. The van der Waals surface area contributed by atoms with Crippen LogP contribution < -0.4 is 5.73 Å². The Bertz CT molecular complexity index is 1200. The van der Waals surface area contributed by atoms with Gasteiger partial charge in [-0.25, -0.2) is 4.39 Å². The van der Waals surface area contributed by atoms with E-state index in [9.17, 15) is 22.4 Å². The number of rotatable bonds is 4. The SMILES string of the molecule is C[C@@]1(c2cc(CC(=O)c3cc4cc(C(F)(F)F)ccc4s3)ccc2F)CCSC(N)=N1. The molecule has 2 heterocycles. The van der Waals surface area contributed by atoms with Gasteiger partial charge in [0.25, 0.3) is 0 Å². The number of alkyl halides is 3. The number of nitrogens with two attached hydrogens (primary N) is 1. The van der Waals surface area contributed by atoms with Gasteiger partial charge in [-0.2, -0.15) is 13.2 Å². The van der Waals surface area contributed by atoms with Crippen molar-refractivity contribution in [1.82, 2.24) is 0 Å². The molecule has 0 aliphatic carbocycles. The highest BCUT2D eigenvalue weighted by molar-refractivity contribution is 8.13. The summed E-state index contributed by atoms with van der Waals surface area (Å²) in [5.41, 5.74) is 5.28. The number of hydrogen-bond donors (Lipinski definition) is 1. The fourth-order valence-electron chi connectivity index (χ4n) is 3.61. The molecule has 2 aromatic carbocycles. The van der Waals surface area contributed by atoms with Crippen molar-refractivity contribution >= 4 is 44.1 Å². The van der Waals surface area contributed by atoms with Crippen LogP contribution in [0.1, 0.15) is 39.7 Å². The van der Waals surface area contributed by atoms with Crippen LogP contribution in [0, 0.1) is 5.82 Å². The molecule has 1 aromatic heterocycles. The van der Waals surface area contributed by atoms with Gasteiger partial charge in [-0.15, -0.1) is 11.3 Å². The molecule has 3 aromatic rings. The quantitative estimate of drug-likeness (QED) is 0.371. The summed E-state index contributed by atoms with van der Waals surface area (Å²) in [6.45, 7) is 1.81. The van der Waals surface area contributed by atoms with Crippen molar-refractivity contribution in [1.29, 1.82) is 0 Å². The zero-order valence-corrected chi connectivity index (χ0v) is 18.1. The van der Waals surface area contributed by atoms with Crippen molar-refractivity contribution < 1.29 is 22.4 Å². The van der Waals surface area contributed by atoms with E-state index >= 15 is 0 Å². The van der Waals surface area contributed by atoms with Gasteiger partial charge < -0.3 is 5.73 Å². The highest BCUT2D eigenvalue weighted by atomic mass is 32.2. The van der Waals surface area contributed by atoms with E-state index in [-0.39, 0.29) is 12.2 Å². The lowest BCUT2D eigenvalue weighted by Gasteiger charge is -2.30. The molecule has 4 rings (SSSR count). The monoisotopic (exact) mass is 466 g/mol. The first-order chi connectivity index (χ1) is 14.5. The van der Waals surface area contributed by atoms with Crippen LogP contribution in [0.2, 0.25) is 0 Å². The van der Waals surface area contributed by atoms with E-state index in [0.29, 0.717) is 37.7 Å². The lowest BCUT2D eigenvalue weighted by Crippen LogP contribution is -2.29. The molecule has 1 atom stereocenters. The Morgan fingerprint density at radius 1 is 1.19 bits per heavy atom. The van der Waals surface area contributed by atoms with E-state index in [1.165, 1.54) is 30.0 Å². The molecule has 162 valence electrons. The van der Waals surface area contributed by atoms with E-state index in [1.54, 1.807) is 12.1 Å². The molecule has 0 bridgehead atoms. The van der Waals surface area contributed by atoms with E-state index in [4.69, 9.17) is 5.73 Å². The first kappa shape index (κ1) is 21.8. The summed E-state index contributed by atoms with van der Waals surface area (Å²) in [5, 5.41) is 0.776. The van der Waals surface area contributed by atoms with Crippen molar-refractivity contribution in [2.75, 3.05) is 5.75 Å². The van der Waals surface area contributed by atoms with Gasteiger partial charge in [0.2, 0.25) is 0 Å². The summed E-state index contributed by atoms with van der Waals surface area (Å²) in [6.07, 6.45) is -3.81. The first-order valence-corrected chi connectivity index (χ1v) is 11.3. The van der Waals surface area contributed by atoms with Gasteiger partial charge in [-0.3, -0.25) is 9.79 Å². The molecule has 0 unspecified atom stereocenters. The zero-order chi connectivity index (χ0) is 22.4. The number of thiophene rings is 1. The second-order valence-corrected chi connectivity index (χ2v) is 9.80. The molecule has 31 heavy (non-hydrogen) atoms. The highest BCUT2D eigenvalue weighted by Crippen LogP contribution is 2.37. The minimum Gasteiger partial charge on any atom is -0.379 e. The summed E-state index contributed by atoms with van der Waals surface area (Å²) < 4.78 is 54.0. The number of aliphatic imine (C=N–C) groups is 1. The lowest BCUT2D eigenvalue weighted by atomic mass is 9.87. The van der Waals surface area contributed by atoms with Crippen LogP contribution in [0.25, 0.3) is 10.1 Å². The van der Waals surface area contributed by atoms with Gasteiger partial charge >= 0.3 is 6.18 Å². The molecule has 3 nitrogen and oxygen atoms in total. The Morgan fingerprint density at radius 3 is 2.68 bits per heavy atom. The summed E-state index contributed by atoms with van der Waals surface area (Å²) in [5.74, 6) is 0.0687. The fourth-order valence-corrected chi connectivity index (χ4v) is 5.56. The molecule has 0 spiro atoms. The topological polar surface area (TPSA) is 55.5 Å². The number of carbonyl (C=O) groups excluding carboxylic acids is 1. The Labute approximate surface area is 184 Å². The van der Waals surface area contributed by atoms with Crippen LogP contribution in [-0.2, 0) is 18.1 Å². The van der Waals surface area contributed by atoms with Crippen LogP contribution in [0.5, 0.6) is 0 Å². The fraction of sp³-hybridized carbons (Fsp3) is 0.273. The van der Waals surface area contributed by atoms with Gasteiger partial charge in [-0.05, 0) is 60.7 Å². The van der Waals surface area contributed by atoms with E-state index in [0.717, 1.165) is 29.2 Å². The van der Waals surface area contributed by atoms with Crippen LogP contribution in [-0.4, -0.2) is 16.7 Å². The number of halogens is 4. The number of nitrogens with zero attached hydrogens (tertiary/aromatic N) is 1. The van der Waals surface area contributed by atoms with Gasteiger partial charge in [0, 0.05) is 22.4 Å². The third-order valence-corrected chi connectivity index (χ3v) is 7.24. The minimum atomic E-state index is -4.44. The first-order valence-electron chi connectivity index (χ1n) is 9.46. The molecule has 9 heteroatoms. The molecular formula is C22H18F4N2OS2. The maximum Gasteiger partial charge on any atom is 0.416 e. The van der Waals surface area contributed by atoms with Gasteiger partial charge in [-0.1, -0.05) is 17.8 Å². The average molecular weight is 467 g/mol. The maximum atomic E-state index is 14.6. The van der Waals surface area contributed by atoms with Crippen LogP contribution in [0.3, 0.4) is 0 Å². The Balaban J connectivity index is 1.61.